The van der Waals surface area contributed by atoms with Gasteiger partial charge in [-0.25, -0.2) is 0 Å². The summed E-state index contributed by atoms with van der Waals surface area (Å²) in [5.74, 6) is -6.14. The van der Waals surface area contributed by atoms with Crippen LogP contribution in [-0.2, 0) is 27.8 Å². The molecule has 36 heavy (non-hydrogen) atoms. The molecule has 1 aromatic heterocycles. The predicted octanol–water partition coefficient (Wildman–Crippen LogP) is 1.05. The lowest BCUT2D eigenvalue weighted by molar-refractivity contribution is -0.126. The summed E-state index contributed by atoms with van der Waals surface area (Å²) in [5.41, 5.74) is 5.68. The van der Waals surface area contributed by atoms with Crippen molar-refractivity contribution in [2.45, 2.75) is 30.7 Å². The molecule has 11 heteroatoms. The molecule has 2 heterocycles. The lowest BCUT2D eigenvalue weighted by Gasteiger charge is -2.41. The highest BCUT2D eigenvalue weighted by Gasteiger charge is 2.84. The second-order valence-corrected chi connectivity index (χ2v) is 10.2. The highest BCUT2D eigenvalue weighted by atomic mass is 16.8. The molecule has 4 atom stereocenters. The number of hydrogen-bond donors (Lipinski definition) is 5. The van der Waals surface area contributed by atoms with Gasteiger partial charge in [-0.2, -0.15) is 5.10 Å². The molecule has 0 bridgehead atoms. The van der Waals surface area contributed by atoms with Gasteiger partial charge in [-0.1, -0.05) is 0 Å². The van der Waals surface area contributed by atoms with Crippen LogP contribution in [0.2, 0.25) is 0 Å². The van der Waals surface area contributed by atoms with Crippen LogP contribution in [0.25, 0.3) is 17.0 Å². The number of amides is 1. The van der Waals surface area contributed by atoms with Crippen LogP contribution >= 0.6 is 0 Å². The zero-order valence-corrected chi connectivity index (χ0v) is 19.9. The van der Waals surface area contributed by atoms with Gasteiger partial charge in [-0.15, -0.1) is 0 Å². The Balaban J connectivity index is 1.56. The van der Waals surface area contributed by atoms with Gasteiger partial charge in [0, 0.05) is 56.5 Å². The fourth-order valence-corrected chi connectivity index (χ4v) is 6.53. The molecule has 2 fully saturated rings. The van der Waals surface area contributed by atoms with Gasteiger partial charge >= 0.3 is 0 Å². The Morgan fingerprint density at radius 3 is 2.61 bits per heavy atom. The first-order chi connectivity index (χ1) is 16.9. The van der Waals surface area contributed by atoms with Crippen LogP contribution < -0.4 is 10.6 Å². The number of carbonyl (C=O) groups is 2. The van der Waals surface area contributed by atoms with Gasteiger partial charge in [0.05, 0.1) is 11.3 Å². The monoisotopic (exact) mass is 494 g/mol. The summed E-state index contributed by atoms with van der Waals surface area (Å²) in [6, 6.07) is 3.56. The van der Waals surface area contributed by atoms with Crippen molar-refractivity contribution in [3.8, 4) is 17.0 Å². The number of allylic oxidation sites excluding steroid dienone is 1. The number of aliphatic hydroxyl groups excluding tert-OH is 2. The summed E-state index contributed by atoms with van der Waals surface area (Å²) < 4.78 is 7.14. The molecule has 1 aliphatic heterocycles. The average molecular weight is 495 g/mol. The third kappa shape index (κ3) is 2.51. The van der Waals surface area contributed by atoms with Crippen molar-refractivity contribution in [3.05, 3.63) is 46.4 Å². The third-order valence-corrected chi connectivity index (χ3v) is 8.12. The van der Waals surface area contributed by atoms with Gasteiger partial charge in [0.25, 0.3) is 5.91 Å². The number of primary amides is 1. The molecular formula is C25H26N4O7. The van der Waals surface area contributed by atoms with E-state index >= 15 is 0 Å². The molecule has 1 aromatic carbocycles. The summed E-state index contributed by atoms with van der Waals surface area (Å²) in [4.78, 5) is 27.7. The van der Waals surface area contributed by atoms with Crippen molar-refractivity contribution in [3.63, 3.8) is 0 Å². The molecule has 0 radical (unpaired) electrons. The summed E-state index contributed by atoms with van der Waals surface area (Å²) in [5, 5.41) is 48.6. The maximum Gasteiger partial charge on any atom is 0.253 e. The van der Waals surface area contributed by atoms with Gasteiger partial charge in [0.2, 0.25) is 11.6 Å². The number of carbonyl (C=O) groups excluding carboxylic acids is 2. The van der Waals surface area contributed by atoms with E-state index in [1.165, 1.54) is 0 Å². The van der Waals surface area contributed by atoms with Gasteiger partial charge in [0.15, 0.2) is 5.60 Å². The summed E-state index contributed by atoms with van der Waals surface area (Å²) in [7, 11) is 5.43. The van der Waals surface area contributed by atoms with E-state index in [-0.39, 0.29) is 29.1 Å². The number of epoxide rings is 1. The number of aliphatic hydroxyl groups is 3. The maximum atomic E-state index is 13.9. The molecule has 6 rings (SSSR count). The van der Waals surface area contributed by atoms with Crippen LogP contribution in [0, 0.1) is 11.8 Å². The van der Waals surface area contributed by atoms with Gasteiger partial charge in [-0.05, 0) is 36.5 Å². The number of ether oxygens (including phenoxy) is 1. The molecule has 188 valence electrons. The van der Waals surface area contributed by atoms with Crippen molar-refractivity contribution in [1.29, 1.82) is 0 Å². The molecule has 11 nitrogen and oxygen atoms in total. The first-order valence-corrected chi connectivity index (χ1v) is 11.6. The Labute approximate surface area is 205 Å². The van der Waals surface area contributed by atoms with Gasteiger partial charge in [0.1, 0.15) is 22.8 Å². The molecule has 3 aliphatic carbocycles. The van der Waals surface area contributed by atoms with Crippen molar-refractivity contribution < 1.29 is 34.8 Å². The number of aromatic hydroxyl groups is 1. The molecule has 1 amide bonds. The molecule has 2 aromatic rings. The van der Waals surface area contributed by atoms with E-state index in [9.17, 15) is 30.0 Å². The van der Waals surface area contributed by atoms with Crippen molar-refractivity contribution in [2.75, 3.05) is 19.0 Å². The van der Waals surface area contributed by atoms with E-state index in [2.05, 4.69) is 5.10 Å². The van der Waals surface area contributed by atoms with Crippen molar-refractivity contribution in [2.24, 2.45) is 24.6 Å². The van der Waals surface area contributed by atoms with Crippen LogP contribution in [0.1, 0.15) is 24.0 Å². The number of nitrogens with zero attached hydrogens (tertiary/aromatic N) is 3. The molecule has 1 saturated carbocycles. The number of nitrogens with two attached hydrogens (primary N) is 1. The molecule has 6 N–H and O–H groups in total. The fraction of sp³-hybridized carbons (Fsp3) is 0.400. The molecule has 1 spiro atoms. The highest BCUT2D eigenvalue weighted by Crippen LogP contribution is 2.66. The van der Waals surface area contributed by atoms with E-state index in [1.54, 1.807) is 24.0 Å². The van der Waals surface area contributed by atoms with E-state index < -0.39 is 46.2 Å². The quantitative estimate of drug-likeness (QED) is 0.391. The highest BCUT2D eigenvalue weighted by molar-refractivity contribution is 6.14. The minimum Gasteiger partial charge on any atom is -0.512 e. The lowest BCUT2D eigenvalue weighted by atomic mass is 9.60. The van der Waals surface area contributed by atoms with E-state index in [4.69, 9.17) is 10.5 Å². The van der Waals surface area contributed by atoms with E-state index in [0.717, 1.165) is 5.69 Å². The number of hydrogen-bond acceptors (Lipinski definition) is 9. The Morgan fingerprint density at radius 1 is 1.28 bits per heavy atom. The van der Waals surface area contributed by atoms with Crippen LogP contribution in [0.3, 0.4) is 0 Å². The minimum atomic E-state index is -2.35. The SMILES string of the molecule is CN(C)c1cc(-c2ccnn2C)c(O)c2c1C[C@H]1C[C@H]3CC(O)=C(C(N)=O)C4(O)O[C@]34C(=O)C1=C2O. The number of phenolic OH excluding ortho intramolecular Hbond substituents is 1. The van der Waals surface area contributed by atoms with Crippen molar-refractivity contribution >= 4 is 23.1 Å². The lowest BCUT2D eigenvalue weighted by Crippen LogP contribution is -2.53. The maximum absolute atomic E-state index is 13.9. The standard InChI is InChI=1S/C25H26N4O7/c1-28(2)15-9-13(14-4-5-27-29(14)3)20(31)18-12(15)7-10-6-11-8-16(30)19(23(26)34)25(35)24(11,36-25)22(33)17(10)21(18)32/h4-5,9-11,30-32,35H,6-8H2,1-3H3,(H2,26,34)/t10-,11+,24+,25?/m1/s1. The molecular weight excluding hydrogens is 468 g/mol. The number of aryl methyl sites for hydroxylation is 1. The van der Waals surface area contributed by atoms with Crippen molar-refractivity contribution in [1.82, 2.24) is 9.78 Å². The Bertz CT molecular complexity index is 1450. The predicted molar refractivity (Wildman–Crippen MR) is 127 cm³/mol. The van der Waals surface area contributed by atoms with E-state index in [1.807, 2.05) is 25.1 Å². The zero-order chi connectivity index (χ0) is 25.9. The average Bonchev–Trinajstić information content (AvgIpc) is 3.21. The first kappa shape index (κ1) is 22.6. The second-order valence-electron chi connectivity index (χ2n) is 10.2. The topological polar surface area (TPSA) is 175 Å². The van der Waals surface area contributed by atoms with Crippen LogP contribution in [0.15, 0.2) is 35.2 Å². The molecule has 1 saturated heterocycles. The number of anilines is 1. The number of phenols is 1. The number of rotatable bonds is 3. The van der Waals surface area contributed by atoms with Gasteiger partial charge in [-0.3, -0.25) is 14.3 Å². The van der Waals surface area contributed by atoms with Crippen LogP contribution in [-0.4, -0.2) is 67.4 Å². The summed E-state index contributed by atoms with van der Waals surface area (Å²) in [6.07, 6.45) is 2.18. The summed E-state index contributed by atoms with van der Waals surface area (Å²) in [6.45, 7) is 0. The number of aromatic nitrogens is 2. The van der Waals surface area contributed by atoms with Crippen LogP contribution in [0.4, 0.5) is 5.69 Å². The number of Topliss-reactive ketones (excluding diaryl/α,β-unsaturated/α-hetero) is 1. The first-order valence-electron chi connectivity index (χ1n) is 11.6. The molecule has 4 aliphatic rings. The van der Waals surface area contributed by atoms with E-state index in [0.29, 0.717) is 29.7 Å². The second kappa shape index (κ2) is 6.89. The largest absolute Gasteiger partial charge is 0.512 e. The number of ketones is 1. The third-order valence-electron chi connectivity index (χ3n) is 8.12. The normalized spacial score (nSPS) is 30.4. The molecule has 1 unspecified atom stereocenters. The summed E-state index contributed by atoms with van der Waals surface area (Å²) >= 11 is 0. The Hall–Kier alpha value is -3.83. The number of benzene rings is 1. The van der Waals surface area contributed by atoms with Gasteiger partial charge < -0.3 is 35.8 Å². The van der Waals surface area contributed by atoms with Crippen LogP contribution in [0.5, 0.6) is 5.75 Å². The minimum absolute atomic E-state index is 0.0297. The Kier molecular flexibility index (Phi) is 4.33. The zero-order valence-electron chi connectivity index (χ0n) is 19.9. The Morgan fingerprint density at radius 2 is 2.00 bits per heavy atom. The number of fused-ring (bicyclic) bond motifs is 2. The fourth-order valence-electron chi connectivity index (χ4n) is 6.53. The smallest absolute Gasteiger partial charge is 0.253 e.